The second-order valence-corrected chi connectivity index (χ2v) is 4.07. The number of aromatic carboxylic acids is 1. The minimum atomic E-state index is -1.05. The average Bonchev–Trinajstić information content (AvgIpc) is 2.23. The number of nitrogens with zero attached hydrogens (tertiary/aromatic N) is 1. The van der Waals surface area contributed by atoms with E-state index < -0.39 is 10.8 Å². The third kappa shape index (κ3) is 1.70. The van der Waals surface area contributed by atoms with Gasteiger partial charge in [0.2, 0.25) is 0 Å². The van der Waals surface area contributed by atoms with E-state index in [0.717, 1.165) is 0 Å². The lowest BCUT2D eigenvalue weighted by Gasteiger charge is -2.12. The predicted molar refractivity (Wildman–Crippen MR) is 58.6 cm³/mol. The van der Waals surface area contributed by atoms with Crippen LogP contribution in [0.3, 0.4) is 0 Å². The lowest BCUT2D eigenvalue weighted by Crippen LogP contribution is -2.19. The van der Waals surface area contributed by atoms with Crippen LogP contribution in [0.4, 0.5) is 5.69 Å². The summed E-state index contributed by atoms with van der Waals surface area (Å²) in [4.78, 5) is 25.9. The van der Waals surface area contributed by atoms with Crippen LogP contribution >= 0.6 is 15.9 Å². The number of alkyl halides is 1. The van der Waals surface area contributed by atoms with Gasteiger partial charge in [0.15, 0.2) is 5.78 Å². The molecule has 0 aromatic heterocycles. The Hall–Kier alpha value is -1.49. The minimum Gasteiger partial charge on any atom is -0.478 e. The number of carboxylic acids is 1. The second-order valence-electron chi connectivity index (χ2n) is 3.08. The highest BCUT2D eigenvalue weighted by molar-refractivity contribution is 9.10. The molecule has 76 valence electrons. The van der Waals surface area contributed by atoms with Crippen molar-refractivity contribution in [1.29, 1.82) is 0 Å². The molecule has 0 saturated heterocycles. The van der Waals surface area contributed by atoms with Crippen LogP contribution in [0.25, 0.3) is 0 Å². The molecule has 0 saturated carbocycles. The number of carbonyl (C=O) groups excluding carboxylic acids is 1. The van der Waals surface area contributed by atoms with E-state index in [-0.39, 0.29) is 11.3 Å². The minimum absolute atomic E-state index is 0.0962. The molecule has 1 N–H and O–H groups in total. The van der Waals surface area contributed by atoms with E-state index in [1.165, 1.54) is 24.4 Å². The summed E-state index contributed by atoms with van der Waals surface area (Å²) in [6.07, 6.45) is 1.49. The van der Waals surface area contributed by atoms with E-state index in [9.17, 15) is 9.59 Å². The fourth-order valence-electron chi connectivity index (χ4n) is 1.34. The molecule has 2 rings (SSSR count). The van der Waals surface area contributed by atoms with Crippen molar-refractivity contribution in [3.8, 4) is 0 Å². The Bertz CT molecular complexity index is 482. The maximum atomic E-state index is 11.7. The molecular weight excluding hydrogens is 262 g/mol. The fraction of sp³-hybridized carbons (Fsp3) is 0.100. The van der Waals surface area contributed by atoms with Gasteiger partial charge < -0.3 is 5.11 Å². The zero-order valence-electron chi connectivity index (χ0n) is 7.48. The molecule has 1 aliphatic rings. The molecule has 1 atom stereocenters. The van der Waals surface area contributed by atoms with Crippen molar-refractivity contribution in [2.45, 2.75) is 4.83 Å². The molecule has 0 bridgehead atoms. The summed E-state index contributed by atoms with van der Waals surface area (Å²) in [6, 6.07) is 4.32. The number of carbonyl (C=O) groups is 2. The standard InChI is InChI=1S/C10H6BrNO3/c11-7-4-12-8-2-1-5(10(14)15)3-6(8)9(7)13/h1-4,7H,(H,14,15). The Morgan fingerprint density at radius 2 is 2.20 bits per heavy atom. The first-order valence-corrected chi connectivity index (χ1v) is 5.11. The van der Waals surface area contributed by atoms with Crippen LogP contribution in [0.15, 0.2) is 23.2 Å². The van der Waals surface area contributed by atoms with Crippen LogP contribution in [0.5, 0.6) is 0 Å². The van der Waals surface area contributed by atoms with Gasteiger partial charge in [0.25, 0.3) is 0 Å². The Kier molecular flexibility index (Phi) is 2.40. The number of halogens is 1. The molecular formula is C10H6BrNO3. The highest BCUT2D eigenvalue weighted by atomic mass is 79.9. The number of fused-ring (bicyclic) bond motifs is 1. The molecule has 0 amide bonds. The number of Topliss-reactive ketones (excluding diaryl/α,β-unsaturated/α-hetero) is 1. The lowest BCUT2D eigenvalue weighted by molar-refractivity contribution is 0.0697. The topological polar surface area (TPSA) is 66.7 Å². The summed E-state index contributed by atoms with van der Waals surface area (Å²) in [5, 5.41) is 8.78. The van der Waals surface area contributed by atoms with Crippen molar-refractivity contribution in [2.75, 3.05) is 0 Å². The SMILES string of the molecule is O=C(O)c1ccc2c(c1)C(=O)C(Br)C=N2. The fourth-order valence-corrected chi connectivity index (χ4v) is 1.71. The molecule has 0 aliphatic carbocycles. The van der Waals surface area contributed by atoms with E-state index in [1.54, 1.807) is 0 Å². The second kappa shape index (κ2) is 3.58. The van der Waals surface area contributed by atoms with Gasteiger partial charge in [0.1, 0.15) is 4.83 Å². The molecule has 5 heteroatoms. The van der Waals surface area contributed by atoms with Gasteiger partial charge in [0.05, 0.1) is 11.3 Å². The molecule has 15 heavy (non-hydrogen) atoms. The molecule has 4 nitrogen and oxygen atoms in total. The van der Waals surface area contributed by atoms with Crippen LogP contribution in [0.1, 0.15) is 20.7 Å². The van der Waals surface area contributed by atoms with Gasteiger partial charge >= 0.3 is 5.97 Å². The van der Waals surface area contributed by atoms with Crippen molar-refractivity contribution >= 4 is 39.6 Å². The van der Waals surface area contributed by atoms with E-state index in [0.29, 0.717) is 11.3 Å². The van der Waals surface area contributed by atoms with E-state index in [4.69, 9.17) is 5.11 Å². The van der Waals surface area contributed by atoms with E-state index >= 15 is 0 Å². The van der Waals surface area contributed by atoms with Crippen molar-refractivity contribution in [3.63, 3.8) is 0 Å². The van der Waals surface area contributed by atoms with Crippen LogP contribution < -0.4 is 0 Å². The normalized spacial score (nSPS) is 18.7. The van der Waals surface area contributed by atoms with Crippen LogP contribution in [0, 0.1) is 0 Å². The summed E-state index contributed by atoms with van der Waals surface area (Å²) in [6.45, 7) is 0. The molecule has 1 unspecified atom stereocenters. The molecule has 0 spiro atoms. The Balaban J connectivity index is 2.57. The Labute approximate surface area is 93.8 Å². The molecule has 0 radical (unpaired) electrons. The van der Waals surface area contributed by atoms with Crippen LogP contribution in [-0.4, -0.2) is 27.9 Å². The van der Waals surface area contributed by atoms with Gasteiger partial charge in [-0.1, -0.05) is 15.9 Å². The molecule has 1 aromatic rings. The van der Waals surface area contributed by atoms with E-state index in [1.807, 2.05) is 0 Å². The molecule has 1 aliphatic heterocycles. The van der Waals surface area contributed by atoms with Crippen molar-refractivity contribution < 1.29 is 14.7 Å². The Morgan fingerprint density at radius 1 is 1.47 bits per heavy atom. The number of hydrogen-bond donors (Lipinski definition) is 1. The monoisotopic (exact) mass is 267 g/mol. The number of aliphatic imine (C=N–C) groups is 1. The Morgan fingerprint density at radius 3 is 2.87 bits per heavy atom. The molecule has 1 aromatic carbocycles. The number of rotatable bonds is 1. The predicted octanol–water partition coefficient (Wildman–Crippen LogP) is 2.05. The summed E-state index contributed by atoms with van der Waals surface area (Å²) in [5.74, 6) is -1.21. The smallest absolute Gasteiger partial charge is 0.335 e. The molecule has 1 heterocycles. The van der Waals surface area contributed by atoms with Crippen molar-refractivity contribution in [3.05, 3.63) is 29.3 Å². The summed E-state index contributed by atoms with van der Waals surface area (Å²) >= 11 is 3.14. The first kappa shape index (κ1) is 10.0. The van der Waals surface area contributed by atoms with Gasteiger partial charge in [-0.2, -0.15) is 0 Å². The van der Waals surface area contributed by atoms with Crippen molar-refractivity contribution in [2.24, 2.45) is 4.99 Å². The first-order valence-electron chi connectivity index (χ1n) is 4.19. The van der Waals surface area contributed by atoms with Gasteiger partial charge in [-0.15, -0.1) is 0 Å². The summed E-state index contributed by atoms with van der Waals surface area (Å²) in [5.41, 5.74) is 0.957. The third-order valence-corrected chi connectivity index (χ3v) is 2.76. The lowest BCUT2D eigenvalue weighted by atomic mass is 10.0. The highest BCUT2D eigenvalue weighted by Crippen LogP contribution is 2.27. The number of ketones is 1. The van der Waals surface area contributed by atoms with Gasteiger partial charge in [-0.25, -0.2) is 4.79 Å². The zero-order valence-corrected chi connectivity index (χ0v) is 9.06. The summed E-state index contributed by atoms with van der Waals surface area (Å²) in [7, 11) is 0. The van der Waals surface area contributed by atoms with E-state index in [2.05, 4.69) is 20.9 Å². The molecule has 0 fully saturated rings. The average molecular weight is 268 g/mol. The number of carboxylic acid groups (broad SMARTS) is 1. The largest absolute Gasteiger partial charge is 0.478 e. The van der Waals surface area contributed by atoms with Gasteiger partial charge in [-0.3, -0.25) is 9.79 Å². The van der Waals surface area contributed by atoms with Gasteiger partial charge in [-0.05, 0) is 18.2 Å². The van der Waals surface area contributed by atoms with Crippen LogP contribution in [-0.2, 0) is 0 Å². The number of hydrogen-bond acceptors (Lipinski definition) is 3. The van der Waals surface area contributed by atoms with Crippen molar-refractivity contribution in [1.82, 2.24) is 0 Å². The van der Waals surface area contributed by atoms with Crippen LogP contribution in [0.2, 0.25) is 0 Å². The quantitative estimate of drug-likeness (QED) is 0.792. The van der Waals surface area contributed by atoms with Gasteiger partial charge in [0, 0.05) is 11.8 Å². The highest BCUT2D eigenvalue weighted by Gasteiger charge is 2.23. The summed E-state index contributed by atoms with van der Waals surface area (Å²) < 4.78 is 0. The maximum absolute atomic E-state index is 11.7. The maximum Gasteiger partial charge on any atom is 0.335 e. The zero-order chi connectivity index (χ0) is 11.0. The third-order valence-electron chi connectivity index (χ3n) is 2.10. The first-order chi connectivity index (χ1) is 7.09. The number of benzene rings is 1.